The van der Waals surface area contributed by atoms with Gasteiger partial charge in [-0.25, -0.2) is 23.5 Å². The summed E-state index contributed by atoms with van der Waals surface area (Å²) in [6.45, 7) is -0.0781. The number of fused-ring (bicyclic) bond motifs is 1. The van der Waals surface area contributed by atoms with Crippen molar-refractivity contribution in [2.75, 3.05) is 30.8 Å². The van der Waals surface area contributed by atoms with Gasteiger partial charge >= 0.3 is 6.03 Å². The fourth-order valence-electron chi connectivity index (χ4n) is 3.90. The van der Waals surface area contributed by atoms with E-state index in [1.54, 1.807) is 0 Å². The van der Waals surface area contributed by atoms with Crippen LogP contribution >= 0.6 is 11.3 Å². The van der Waals surface area contributed by atoms with Crippen LogP contribution in [0.5, 0.6) is 11.5 Å². The highest BCUT2D eigenvalue weighted by Gasteiger charge is 2.19. The normalized spacial score (nSPS) is 10.9. The molecule has 0 spiro atoms. The molecule has 14 heteroatoms. The molecular formula is C28H22F2N6O5S. The molecule has 3 heterocycles. The second-order valence-corrected chi connectivity index (χ2v) is 9.70. The Kier molecular flexibility index (Phi) is 8.17. The number of benzene rings is 2. The lowest BCUT2D eigenvalue weighted by Gasteiger charge is -2.16. The van der Waals surface area contributed by atoms with Crippen LogP contribution in [-0.4, -0.2) is 56.7 Å². The molecule has 2 aromatic carbocycles. The van der Waals surface area contributed by atoms with E-state index < -0.39 is 29.1 Å². The molecular weight excluding hydrogens is 570 g/mol. The zero-order valence-electron chi connectivity index (χ0n) is 21.9. The molecule has 3 aromatic heterocycles. The summed E-state index contributed by atoms with van der Waals surface area (Å²) in [6.07, 6.45) is 1.36. The third-order valence-electron chi connectivity index (χ3n) is 5.99. The van der Waals surface area contributed by atoms with E-state index in [2.05, 4.69) is 20.6 Å². The van der Waals surface area contributed by atoms with E-state index in [-0.39, 0.29) is 41.7 Å². The third-order valence-corrected chi connectivity index (χ3v) is 6.81. The van der Waals surface area contributed by atoms with Crippen LogP contribution in [0.1, 0.15) is 10.4 Å². The van der Waals surface area contributed by atoms with Gasteiger partial charge in [0.15, 0.2) is 11.6 Å². The predicted octanol–water partition coefficient (Wildman–Crippen LogP) is 4.62. The lowest BCUT2D eigenvalue weighted by Crippen LogP contribution is -2.33. The maximum absolute atomic E-state index is 15.0. The molecule has 0 aliphatic carbocycles. The molecule has 0 saturated heterocycles. The summed E-state index contributed by atoms with van der Waals surface area (Å²) in [7, 11) is 1.50. The van der Waals surface area contributed by atoms with Gasteiger partial charge in [0.2, 0.25) is 0 Å². The van der Waals surface area contributed by atoms with E-state index in [0.29, 0.717) is 16.0 Å². The number of halogens is 2. The van der Waals surface area contributed by atoms with Crippen molar-refractivity contribution in [3.8, 4) is 17.2 Å². The second kappa shape index (κ2) is 12.1. The van der Waals surface area contributed by atoms with Gasteiger partial charge in [-0.1, -0.05) is 0 Å². The van der Waals surface area contributed by atoms with Crippen molar-refractivity contribution >= 4 is 45.1 Å². The number of hydrogen-bond acceptors (Lipinski definition) is 8. The van der Waals surface area contributed by atoms with Crippen LogP contribution in [0.15, 0.2) is 77.2 Å². The Morgan fingerprint density at radius 1 is 1.05 bits per heavy atom. The predicted molar refractivity (Wildman–Crippen MR) is 153 cm³/mol. The molecule has 11 nitrogen and oxygen atoms in total. The zero-order valence-corrected chi connectivity index (χ0v) is 22.7. The summed E-state index contributed by atoms with van der Waals surface area (Å²) in [6, 6.07) is 12.6. The van der Waals surface area contributed by atoms with Crippen molar-refractivity contribution < 1.29 is 28.2 Å². The molecule has 0 aliphatic rings. The van der Waals surface area contributed by atoms with Gasteiger partial charge in [0, 0.05) is 37.6 Å². The first-order chi connectivity index (χ1) is 20.2. The minimum absolute atomic E-state index is 0.0607. The van der Waals surface area contributed by atoms with Gasteiger partial charge in [-0.2, -0.15) is 0 Å². The first-order valence-electron chi connectivity index (χ1n) is 12.4. The molecule has 42 heavy (non-hydrogen) atoms. The molecule has 5 aromatic rings. The molecule has 0 saturated carbocycles. The average Bonchev–Trinajstić information content (AvgIpc) is 3.43. The molecule has 214 valence electrons. The fourth-order valence-corrected chi connectivity index (χ4v) is 4.69. The smallest absolute Gasteiger partial charge is 0.322 e. The SMILES string of the molecule is CN(CCO)C(=O)Nc1cc(Oc2ccc(NC(=O)c3cc4ncsc4n(-c4ccc(F)cc4)c3=O)cc2F)ccn1. The number of nitrogens with zero attached hydrogens (tertiary/aromatic N) is 4. The second-order valence-electron chi connectivity index (χ2n) is 8.87. The maximum Gasteiger partial charge on any atom is 0.322 e. The van der Waals surface area contributed by atoms with E-state index in [1.807, 2.05) is 0 Å². The molecule has 0 unspecified atom stereocenters. The van der Waals surface area contributed by atoms with Gasteiger partial charge in [0.1, 0.15) is 27.8 Å². The van der Waals surface area contributed by atoms with Crippen molar-refractivity contribution in [3.05, 3.63) is 99.9 Å². The van der Waals surface area contributed by atoms with Crippen LogP contribution in [0.4, 0.5) is 25.1 Å². The number of aliphatic hydroxyl groups excluding tert-OH is 1. The highest BCUT2D eigenvalue weighted by molar-refractivity contribution is 7.16. The number of likely N-dealkylation sites (N-methyl/N-ethyl adjacent to an activating group) is 1. The van der Waals surface area contributed by atoms with Gasteiger partial charge in [-0.15, -0.1) is 11.3 Å². The van der Waals surface area contributed by atoms with Gasteiger partial charge in [0.05, 0.1) is 23.3 Å². The number of carbonyl (C=O) groups is 2. The van der Waals surface area contributed by atoms with E-state index >= 15 is 0 Å². The lowest BCUT2D eigenvalue weighted by atomic mass is 10.2. The van der Waals surface area contributed by atoms with Crippen LogP contribution in [0, 0.1) is 11.6 Å². The molecule has 3 N–H and O–H groups in total. The number of nitrogens with one attached hydrogen (secondary N) is 2. The Morgan fingerprint density at radius 3 is 2.57 bits per heavy atom. The Balaban J connectivity index is 1.34. The van der Waals surface area contributed by atoms with Crippen LogP contribution < -0.4 is 20.9 Å². The minimum Gasteiger partial charge on any atom is -0.454 e. The van der Waals surface area contributed by atoms with Crippen molar-refractivity contribution in [2.24, 2.45) is 0 Å². The van der Waals surface area contributed by atoms with Gasteiger partial charge in [-0.05, 0) is 48.5 Å². The van der Waals surface area contributed by atoms with Crippen molar-refractivity contribution in [1.29, 1.82) is 0 Å². The van der Waals surface area contributed by atoms with Gasteiger partial charge in [0.25, 0.3) is 11.5 Å². The highest BCUT2D eigenvalue weighted by atomic mass is 32.1. The van der Waals surface area contributed by atoms with E-state index in [1.165, 1.54) is 94.2 Å². The molecule has 0 aliphatic heterocycles. The minimum atomic E-state index is -0.809. The number of anilines is 2. The number of rotatable bonds is 8. The Labute approximate surface area is 240 Å². The Morgan fingerprint density at radius 2 is 1.83 bits per heavy atom. The molecule has 0 bridgehead atoms. The number of pyridine rings is 2. The Hall–Kier alpha value is -5.21. The Bertz CT molecular complexity index is 1840. The zero-order chi connectivity index (χ0) is 29.8. The van der Waals surface area contributed by atoms with Crippen molar-refractivity contribution in [3.63, 3.8) is 0 Å². The average molecular weight is 593 g/mol. The summed E-state index contributed by atoms with van der Waals surface area (Å²) in [5.74, 6) is -1.92. The quantitative estimate of drug-likeness (QED) is 0.239. The topological polar surface area (TPSA) is 139 Å². The number of ether oxygens (including phenoxy) is 1. The van der Waals surface area contributed by atoms with Crippen LogP contribution in [0.2, 0.25) is 0 Å². The number of hydrogen-bond donors (Lipinski definition) is 3. The summed E-state index contributed by atoms with van der Waals surface area (Å²) in [5, 5.41) is 14.0. The standard InChI is InChI=1S/C28H22F2N6O5S/c1-35(10-11-37)28(40)34-24-13-19(8-9-31-24)41-23-7-4-17(12-21(23)30)33-25(38)20-14-22-27(42-15-32-22)36(26(20)39)18-5-2-16(29)3-6-18/h2-9,12-15,37H,10-11H2,1H3,(H,33,38)(H,31,34,40). The molecule has 5 rings (SSSR count). The summed E-state index contributed by atoms with van der Waals surface area (Å²) >= 11 is 1.19. The first kappa shape index (κ1) is 28.3. The van der Waals surface area contributed by atoms with Crippen molar-refractivity contribution in [1.82, 2.24) is 19.4 Å². The van der Waals surface area contributed by atoms with E-state index in [0.717, 1.165) is 6.07 Å². The monoisotopic (exact) mass is 592 g/mol. The highest BCUT2D eigenvalue weighted by Crippen LogP contribution is 2.28. The number of carbonyl (C=O) groups excluding carboxylic acids is 2. The van der Waals surface area contributed by atoms with Gasteiger partial charge in [-0.3, -0.25) is 19.5 Å². The van der Waals surface area contributed by atoms with Crippen molar-refractivity contribution in [2.45, 2.75) is 0 Å². The number of urea groups is 1. The fraction of sp³-hybridized carbons (Fsp3) is 0.107. The molecule has 3 amide bonds. The third kappa shape index (κ3) is 6.09. The van der Waals surface area contributed by atoms with Crippen LogP contribution in [-0.2, 0) is 0 Å². The lowest BCUT2D eigenvalue weighted by molar-refractivity contribution is 0.102. The number of aromatic nitrogens is 3. The summed E-state index contributed by atoms with van der Waals surface area (Å²) < 4.78 is 35.3. The molecule has 0 radical (unpaired) electrons. The molecule has 0 fully saturated rings. The maximum atomic E-state index is 15.0. The number of thiazole rings is 1. The first-order valence-corrected chi connectivity index (χ1v) is 13.2. The number of aliphatic hydroxyl groups is 1. The van der Waals surface area contributed by atoms with Gasteiger partial charge < -0.3 is 20.1 Å². The summed E-state index contributed by atoms with van der Waals surface area (Å²) in [4.78, 5) is 48.5. The molecule has 0 atom stereocenters. The van der Waals surface area contributed by atoms with Crippen LogP contribution in [0.25, 0.3) is 16.0 Å². The van der Waals surface area contributed by atoms with Crippen LogP contribution in [0.3, 0.4) is 0 Å². The van der Waals surface area contributed by atoms with E-state index in [9.17, 15) is 23.2 Å². The summed E-state index contributed by atoms with van der Waals surface area (Å²) in [5.41, 5.74) is 1.43. The largest absolute Gasteiger partial charge is 0.454 e. The number of amides is 3. The van der Waals surface area contributed by atoms with E-state index in [4.69, 9.17) is 9.84 Å².